The summed E-state index contributed by atoms with van der Waals surface area (Å²) in [6, 6.07) is 46.6. The van der Waals surface area contributed by atoms with Crippen LogP contribution in [-0.2, 0) is 25.7 Å². The highest BCUT2D eigenvalue weighted by atomic mass is 16.5. The summed E-state index contributed by atoms with van der Waals surface area (Å²) in [6.07, 6.45) is 4.54. The van der Waals surface area contributed by atoms with Gasteiger partial charge in [-0.05, 0) is 107 Å². The number of rotatable bonds is 4. The van der Waals surface area contributed by atoms with Gasteiger partial charge >= 0.3 is 0 Å². The number of benzene rings is 6. The van der Waals surface area contributed by atoms with Gasteiger partial charge in [0.15, 0.2) is 0 Å². The lowest BCUT2D eigenvalue weighted by atomic mass is 9.34. The topological polar surface area (TPSA) is 15.7 Å². The van der Waals surface area contributed by atoms with Crippen LogP contribution in [0.4, 0.5) is 34.1 Å². The van der Waals surface area contributed by atoms with Crippen molar-refractivity contribution < 1.29 is 4.74 Å². The lowest BCUT2D eigenvalue weighted by Crippen LogP contribution is -2.59. The molecule has 2 aliphatic carbocycles. The van der Waals surface area contributed by atoms with E-state index >= 15 is 0 Å². The lowest BCUT2D eigenvalue weighted by molar-refractivity contribution is 0.487. The second kappa shape index (κ2) is 9.14. The zero-order chi connectivity index (χ0) is 28.8. The van der Waals surface area contributed by atoms with Gasteiger partial charge in [-0.25, -0.2) is 0 Å². The summed E-state index contributed by atoms with van der Waals surface area (Å²) in [5, 5.41) is 0. The van der Waals surface area contributed by atoms with Crippen LogP contribution in [0.25, 0.3) is 0 Å². The molecule has 0 amide bonds. The second-order valence-corrected chi connectivity index (χ2v) is 12.3. The smallest absolute Gasteiger partial charge is 0.256 e. The maximum absolute atomic E-state index is 6.87. The third-order valence-electron chi connectivity index (χ3n) is 10.1. The number of ether oxygens (including phenoxy) is 1. The number of fused-ring (bicyclic) bond motifs is 6. The Morgan fingerprint density at radius 2 is 1.20 bits per heavy atom. The molecule has 0 fully saturated rings. The molecule has 10 rings (SSSR count). The minimum absolute atomic E-state index is 0.0964. The number of hydrogen-bond acceptors (Lipinski definition) is 3. The molecule has 208 valence electrons. The van der Waals surface area contributed by atoms with Crippen LogP contribution < -0.4 is 30.9 Å². The Bertz CT molecular complexity index is 2080. The Morgan fingerprint density at radius 3 is 1.91 bits per heavy atom. The third kappa shape index (κ3) is 3.34. The molecule has 0 atom stereocenters. The summed E-state index contributed by atoms with van der Waals surface area (Å²) < 4.78 is 6.87. The summed E-state index contributed by atoms with van der Waals surface area (Å²) in [5.74, 6) is 1.88. The van der Waals surface area contributed by atoms with Crippen LogP contribution in [0.1, 0.15) is 22.3 Å². The molecule has 0 radical (unpaired) electrons. The van der Waals surface area contributed by atoms with Crippen LogP contribution in [0, 0.1) is 0 Å². The first-order valence-electron chi connectivity index (χ1n) is 15.7. The van der Waals surface area contributed by atoms with E-state index < -0.39 is 0 Å². The maximum atomic E-state index is 6.87. The fourth-order valence-corrected chi connectivity index (χ4v) is 7.90. The molecule has 2 heterocycles. The minimum atomic E-state index is 0.0964. The Labute approximate surface area is 258 Å². The van der Waals surface area contributed by atoms with Crippen molar-refractivity contribution in [3.05, 3.63) is 150 Å². The van der Waals surface area contributed by atoms with Gasteiger partial charge < -0.3 is 14.5 Å². The average molecular weight is 564 g/mol. The van der Waals surface area contributed by atoms with Crippen molar-refractivity contribution in [2.45, 2.75) is 25.7 Å². The molecule has 0 aromatic heterocycles. The molecular weight excluding hydrogens is 535 g/mol. The second-order valence-electron chi connectivity index (χ2n) is 12.3. The van der Waals surface area contributed by atoms with E-state index in [0.717, 1.165) is 48.6 Å². The predicted octanol–water partition coefficient (Wildman–Crippen LogP) is 7.76. The van der Waals surface area contributed by atoms with E-state index in [1.165, 1.54) is 61.4 Å². The predicted molar refractivity (Wildman–Crippen MR) is 182 cm³/mol. The van der Waals surface area contributed by atoms with Gasteiger partial charge in [-0.3, -0.25) is 0 Å². The normalized spacial score (nSPS) is 14.5. The first-order valence-corrected chi connectivity index (χ1v) is 15.7. The number of anilines is 6. The van der Waals surface area contributed by atoms with E-state index in [0.29, 0.717) is 0 Å². The van der Waals surface area contributed by atoms with Crippen molar-refractivity contribution in [2.75, 3.05) is 9.80 Å². The van der Waals surface area contributed by atoms with E-state index in [1.54, 1.807) is 0 Å². The highest BCUT2D eigenvalue weighted by Gasteiger charge is 2.42. The highest BCUT2D eigenvalue weighted by molar-refractivity contribution is 6.99. The molecule has 3 nitrogen and oxygen atoms in total. The van der Waals surface area contributed by atoms with E-state index in [2.05, 4.69) is 137 Å². The standard InChI is InChI=1S/C40H29BN2O/c1-2-12-28(13-3-1)42-36-16-6-4-14-32(36)41-33-15-5-7-19-38(33)44-39-25-29(24-37(42)40(39)41)43(34-17-8-10-26-20-22-30(26)34)35-18-9-11-27-21-23-31(27)35/h1-19,24-25H,20-23H2. The van der Waals surface area contributed by atoms with Gasteiger partial charge in [-0.2, -0.15) is 0 Å². The molecule has 0 saturated carbocycles. The Kier molecular flexibility index (Phi) is 5.04. The Balaban J connectivity index is 1.28. The number of aryl methyl sites for hydroxylation is 2. The maximum Gasteiger partial charge on any atom is 0.256 e. The SMILES string of the molecule is c1ccc(N2c3ccccc3B3c4ccccc4Oc4cc(N(c5cccc6c5CC6)c5cccc6c5CC6)cc2c43)cc1. The van der Waals surface area contributed by atoms with Gasteiger partial charge in [0.1, 0.15) is 11.5 Å². The lowest BCUT2D eigenvalue weighted by Gasteiger charge is -2.41. The first kappa shape index (κ1) is 24.3. The average Bonchev–Trinajstić information content (AvgIpc) is 3.03. The van der Waals surface area contributed by atoms with Crippen molar-refractivity contribution in [3.8, 4) is 11.5 Å². The zero-order valence-electron chi connectivity index (χ0n) is 24.3. The quantitative estimate of drug-likeness (QED) is 0.203. The van der Waals surface area contributed by atoms with Crippen molar-refractivity contribution in [2.24, 2.45) is 0 Å². The molecule has 0 saturated heterocycles. The monoisotopic (exact) mass is 564 g/mol. The van der Waals surface area contributed by atoms with Crippen LogP contribution in [0.5, 0.6) is 11.5 Å². The van der Waals surface area contributed by atoms with Crippen molar-refractivity contribution >= 4 is 57.2 Å². The molecule has 6 aromatic carbocycles. The summed E-state index contributed by atoms with van der Waals surface area (Å²) in [5.41, 5.74) is 16.9. The third-order valence-corrected chi connectivity index (χ3v) is 10.1. The molecule has 4 aliphatic rings. The fourth-order valence-electron chi connectivity index (χ4n) is 7.90. The molecular formula is C40H29BN2O. The van der Waals surface area contributed by atoms with E-state index in [4.69, 9.17) is 4.74 Å². The molecule has 0 unspecified atom stereocenters. The van der Waals surface area contributed by atoms with Crippen LogP contribution >= 0.6 is 0 Å². The van der Waals surface area contributed by atoms with Crippen LogP contribution in [0.3, 0.4) is 0 Å². The largest absolute Gasteiger partial charge is 0.458 e. The number of hydrogen-bond donors (Lipinski definition) is 0. The van der Waals surface area contributed by atoms with Gasteiger partial charge in [0, 0.05) is 34.5 Å². The molecule has 44 heavy (non-hydrogen) atoms. The summed E-state index contributed by atoms with van der Waals surface area (Å²) >= 11 is 0. The van der Waals surface area contributed by atoms with Gasteiger partial charge in [-0.1, -0.05) is 78.9 Å². The molecule has 6 aromatic rings. The number of para-hydroxylation sites is 3. The summed E-state index contributed by atoms with van der Waals surface area (Å²) in [7, 11) is 0. The van der Waals surface area contributed by atoms with E-state index in [-0.39, 0.29) is 6.71 Å². The van der Waals surface area contributed by atoms with Crippen molar-refractivity contribution in [1.82, 2.24) is 0 Å². The molecule has 0 spiro atoms. The van der Waals surface area contributed by atoms with Gasteiger partial charge in [-0.15, -0.1) is 0 Å². The Hall–Kier alpha value is -5.22. The zero-order valence-corrected chi connectivity index (χ0v) is 24.3. The highest BCUT2D eigenvalue weighted by Crippen LogP contribution is 2.49. The van der Waals surface area contributed by atoms with E-state index in [1.807, 2.05) is 0 Å². The Morgan fingerprint density at radius 1 is 0.545 bits per heavy atom. The van der Waals surface area contributed by atoms with E-state index in [9.17, 15) is 0 Å². The summed E-state index contributed by atoms with van der Waals surface area (Å²) in [6.45, 7) is 0.0964. The molecule has 0 bridgehead atoms. The van der Waals surface area contributed by atoms with Gasteiger partial charge in [0.25, 0.3) is 6.71 Å². The van der Waals surface area contributed by atoms with Gasteiger partial charge in [0.2, 0.25) is 0 Å². The van der Waals surface area contributed by atoms with Crippen LogP contribution in [0.2, 0.25) is 0 Å². The van der Waals surface area contributed by atoms with Crippen molar-refractivity contribution in [1.29, 1.82) is 0 Å². The minimum Gasteiger partial charge on any atom is -0.458 e. The van der Waals surface area contributed by atoms with Crippen LogP contribution in [-0.4, -0.2) is 6.71 Å². The fraction of sp³-hybridized carbons (Fsp3) is 0.100. The molecule has 4 heteroatoms. The van der Waals surface area contributed by atoms with Crippen LogP contribution in [0.15, 0.2) is 127 Å². The summed E-state index contributed by atoms with van der Waals surface area (Å²) in [4.78, 5) is 4.96. The molecule has 0 N–H and O–H groups in total. The number of nitrogens with zero attached hydrogens (tertiary/aromatic N) is 2. The van der Waals surface area contributed by atoms with Gasteiger partial charge in [0.05, 0.1) is 5.69 Å². The first-order chi connectivity index (χ1) is 21.8. The van der Waals surface area contributed by atoms with Crippen molar-refractivity contribution in [3.63, 3.8) is 0 Å². The molecule has 2 aliphatic heterocycles.